The Morgan fingerprint density at radius 3 is 2.59 bits per heavy atom. The van der Waals surface area contributed by atoms with E-state index in [1.54, 1.807) is 6.20 Å². The predicted octanol–water partition coefficient (Wildman–Crippen LogP) is 5.17. The van der Waals surface area contributed by atoms with Crippen LogP contribution in [0.1, 0.15) is 63.8 Å². The van der Waals surface area contributed by atoms with Crippen LogP contribution in [0.3, 0.4) is 0 Å². The monoisotopic (exact) mass is 458 g/mol. The van der Waals surface area contributed by atoms with Gasteiger partial charge >= 0.3 is 0 Å². The van der Waals surface area contributed by atoms with Gasteiger partial charge in [0.2, 0.25) is 11.8 Å². The highest BCUT2D eigenvalue weighted by molar-refractivity contribution is 6.05. The fourth-order valence-electron chi connectivity index (χ4n) is 4.64. The number of hydrogen-bond acceptors (Lipinski definition) is 4. The molecular formula is C28H34N4O2. The molecule has 0 saturated carbocycles. The smallest absolute Gasteiger partial charge is 0.236 e. The standard InChI is InChI=1S/C28H34N4O2/c1-17(2)32(26(34)27(4,5)6)16-19-12-20-13-21(18(3)11-23(20)30-15-19)14-28(7)22-9-8-10-29-24(22)31-25(28)33/h8-13,15,17H,14,16H2,1-7H3,(H,29,31,33). The first kappa shape index (κ1) is 23.9. The number of carbonyl (C=O) groups excluding carboxylic acids is 2. The Hall–Kier alpha value is -3.28. The summed E-state index contributed by atoms with van der Waals surface area (Å²) < 4.78 is 0. The van der Waals surface area contributed by atoms with E-state index >= 15 is 0 Å². The number of pyridine rings is 2. The van der Waals surface area contributed by atoms with E-state index in [0.29, 0.717) is 18.8 Å². The van der Waals surface area contributed by atoms with Gasteiger partial charge in [0.25, 0.3) is 0 Å². The molecule has 1 N–H and O–H groups in total. The van der Waals surface area contributed by atoms with E-state index in [1.807, 2.05) is 64.8 Å². The van der Waals surface area contributed by atoms with E-state index in [0.717, 1.165) is 33.2 Å². The van der Waals surface area contributed by atoms with Crippen LogP contribution in [0, 0.1) is 12.3 Å². The molecule has 0 bridgehead atoms. The van der Waals surface area contributed by atoms with Crippen LogP contribution in [0.25, 0.3) is 10.9 Å². The minimum absolute atomic E-state index is 0.0270. The number of benzene rings is 1. The number of fused-ring (bicyclic) bond motifs is 2. The van der Waals surface area contributed by atoms with E-state index in [4.69, 9.17) is 0 Å². The van der Waals surface area contributed by atoms with Gasteiger partial charge in [0.15, 0.2) is 0 Å². The molecule has 0 spiro atoms. The fraction of sp³-hybridized carbons (Fsp3) is 0.429. The third-order valence-electron chi connectivity index (χ3n) is 6.75. The molecule has 1 unspecified atom stereocenters. The summed E-state index contributed by atoms with van der Waals surface area (Å²) >= 11 is 0. The minimum Gasteiger partial charge on any atom is -0.335 e. The maximum atomic E-state index is 13.0. The summed E-state index contributed by atoms with van der Waals surface area (Å²) in [6.45, 7) is 14.5. The second kappa shape index (κ2) is 8.49. The molecule has 0 radical (unpaired) electrons. The maximum Gasteiger partial charge on any atom is 0.236 e. The average Bonchev–Trinajstić information content (AvgIpc) is 3.01. The fourth-order valence-corrected chi connectivity index (χ4v) is 4.64. The van der Waals surface area contributed by atoms with Crippen LogP contribution in [0.2, 0.25) is 0 Å². The maximum absolute atomic E-state index is 13.0. The number of rotatable bonds is 5. The molecule has 2 aromatic heterocycles. The van der Waals surface area contributed by atoms with Gasteiger partial charge in [-0.2, -0.15) is 0 Å². The second-order valence-corrected chi connectivity index (χ2v) is 11.0. The molecule has 1 aliphatic rings. The minimum atomic E-state index is -0.680. The summed E-state index contributed by atoms with van der Waals surface area (Å²) in [6.07, 6.45) is 4.13. The van der Waals surface area contributed by atoms with E-state index in [9.17, 15) is 9.59 Å². The molecule has 3 aromatic rings. The van der Waals surface area contributed by atoms with Crippen molar-refractivity contribution in [2.75, 3.05) is 5.32 Å². The number of nitrogens with zero attached hydrogens (tertiary/aromatic N) is 3. The topological polar surface area (TPSA) is 75.2 Å². The van der Waals surface area contributed by atoms with Gasteiger partial charge in [0, 0.05) is 41.3 Å². The third-order valence-corrected chi connectivity index (χ3v) is 6.75. The Bertz CT molecular complexity index is 1280. The largest absolute Gasteiger partial charge is 0.335 e. The van der Waals surface area contributed by atoms with Crippen molar-refractivity contribution < 1.29 is 9.59 Å². The molecule has 2 amide bonds. The number of hydrogen-bond donors (Lipinski definition) is 1. The summed E-state index contributed by atoms with van der Waals surface area (Å²) in [5.41, 5.74) is 3.92. The highest BCUT2D eigenvalue weighted by Gasteiger charge is 2.43. The molecule has 34 heavy (non-hydrogen) atoms. The molecule has 1 aliphatic heterocycles. The van der Waals surface area contributed by atoms with Gasteiger partial charge in [-0.1, -0.05) is 26.8 Å². The summed E-state index contributed by atoms with van der Waals surface area (Å²) in [7, 11) is 0. The SMILES string of the molecule is Cc1cc2ncc(CN(C(=O)C(C)(C)C)C(C)C)cc2cc1CC1(C)C(=O)Nc2ncccc21. The Balaban J connectivity index is 1.68. The van der Waals surface area contributed by atoms with Gasteiger partial charge in [-0.25, -0.2) is 4.98 Å². The predicted molar refractivity (Wildman–Crippen MR) is 136 cm³/mol. The molecule has 178 valence electrons. The van der Waals surface area contributed by atoms with Crippen molar-refractivity contribution >= 4 is 28.5 Å². The molecule has 6 nitrogen and oxygen atoms in total. The van der Waals surface area contributed by atoms with Crippen molar-refractivity contribution in [1.29, 1.82) is 0 Å². The van der Waals surface area contributed by atoms with Crippen LogP contribution in [0.5, 0.6) is 0 Å². The van der Waals surface area contributed by atoms with Crippen molar-refractivity contribution in [3.63, 3.8) is 0 Å². The van der Waals surface area contributed by atoms with E-state index in [2.05, 4.69) is 40.4 Å². The Morgan fingerprint density at radius 1 is 1.18 bits per heavy atom. The Kier molecular flexibility index (Phi) is 5.96. The number of aromatic nitrogens is 2. The van der Waals surface area contributed by atoms with Crippen LogP contribution < -0.4 is 5.32 Å². The normalized spacial score (nSPS) is 17.7. The molecule has 0 aliphatic carbocycles. The zero-order valence-electron chi connectivity index (χ0n) is 21.2. The summed E-state index contributed by atoms with van der Waals surface area (Å²) in [5, 5.41) is 3.94. The number of carbonyl (C=O) groups is 2. The molecule has 3 heterocycles. The van der Waals surface area contributed by atoms with Gasteiger partial charge in [0.1, 0.15) is 5.82 Å². The zero-order chi connectivity index (χ0) is 24.8. The molecule has 0 saturated heterocycles. The van der Waals surface area contributed by atoms with Crippen LogP contribution in [0.4, 0.5) is 5.82 Å². The molecule has 0 fully saturated rings. The first-order valence-electron chi connectivity index (χ1n) is 11.9. The first-order chi connectivity index (χ1) is 15.9. The first-order valence-corrected chi connectivity index (χ1v) is 11.9. The summed E-state index contributed by atoms with van der Waals surface area (Å²) in [6, 6.07) is 10.3. The van der Waals surface area contributed by atoms with Crippen molar-refractivity contribution in [3.05, 3.63) is 65.0 Å². The molecule has 6 heteroatoms. The van der Waals surface area contributed by atoms with Gasteiger partial charge in [0.05, 0.1) is 10.9 Å². The average molecular weight is 459 g/mol. The van der Waals surface area contributed by atoms with E-state index in [-0.39, 0.29) is 17.9 Å². The Labute approximate surface area is 201 Å². The van der Waals surface area contributed by atoms with Crippen LogP contribution in [0.15, 0.2) is 42.7 Å². The number of nitrogens with one attached hydrogen (secondary N) is 1. The van der Waals surface area contributed by atoms with Crippen molar-refractivity contribution in [2.45, 2.75) is 72.9 Å². The molecule has 4 rings (SSSR count). The number of aryl methyl sites for hydroxylation is 1. The van der Waals surface area contributed by atoms with Gasteiger partial charge in [-0.05, 0) is 75.1 Å². The van der Waals surface area contributed by atoms with Crippen LogP contribution in [-0.2, 0) is 28.0 Å². The number of amides is 2. The van der Waals surface area contributed by atoms with Crippen LogP contribution in [-0.4, -0.2) is 32.7 Å². The third kappa shape index (κ3) is 4.29. The molecule has 1 aromatic carbocycles. The van der Waals surface area contributed by atoms with Gasteiger partial charge < -0.3 is 10.2 Å². The van der Waals surface area contributed by atoms with E-state index in [1.165, 1.54) is 0 Å². The lowest BCUT2D eigenvalue weighted by Crippen LogP contribution is -2.43. The van der Waals surface area contributed by atoms with Gasteiger partial charge in [-0.3, -0.25) is 14.6 Å². The Morgan fingerprint density at radius 2 is 1.91 bits per heavy atom. The van der Waals surface area contributed by atoms with Crippen molar-refractivity contribution in [3.8, 4) is 0 Å². The van der Waals surface area contributed by atoms with E-state index < -0.39 is 10.8 Å². The highest BCUT2D eigenvalue weighted by Crippen LogP contribution is 2.39. The number of anilines is 1. The lowest BCUT2D eigenvalue weighted by atomic mass is 9.78. The summed E-state index contributed by atoms with van der Waals surface area (Å²) in [4.78, 5) is 36.8. The van der Waals surface area contributed by atoms with Crippen molar-refractivity contribution in [2.24, 2.45) is 5.41 Å². The zero-order valence-corrected chi connectivity index (χ0v) is 21.2. The highest BCUT2D eigenvalue weighted by atomic mass is 16.2. The molecular weight excluding hydrogens is 424 g/mol. The molecule has 1 atom stereocenters. The van der Waals surface area contributed by atoms with Crippen LogP contribution >= 0.6 is 0 Å². The lowest BCUT2D eigenvalue weighted by Gasteiger charge is -2.32. The quantitative estimate of drug-likeness (QED) is 0.572. The van der Waals surface area contributed by atoms with Crippen molar-refractivity contribution in [1.82, 2.24) is 14.9 Å². The summed E-state index contributed by atoms with van der Waals surface area (Å²) in [5.74, 6) is 0.746. The lowest BCUT2D eigenvalue weighted by molar-refractivity contribution is -0.142. The second-order valence-electron chi connectivity index (χ2n) is 11.0. The van der Waals surface area contributed by atoms with Gasteiger partial charge in [-0.15, -0.1) is 0 Å².